The molecule has 1 fully saturated rings. The van der Waals surface area contributed by atoms with Gasteiger partial charge < -0.3 is 4.98 Å². The van der Waals surface area contributed by atoms with E-state index < -0.39 is 10.0 Å². The third-order valence-electron chi connectivity index (χ3n) is 4.76. The highest BCUT2D eigenvalue weighted by Crippen LogP contribution is 2.33. The van der Waals surface area contributed by atoms with E-state index in [1.165, 1.54) is 0 Å². The molecule has 0 bridgehead atoms. The van der Waals surface area contributed by atoms with Crippen molar-refractivity contribution in [2.45, 2.75) is 23.7 Å². The smallest absolute Gasteiger partial charge is 0.244 e. The molecule has 1 aliphatic heterocycles. The summed E-state index contributed by atoms with van der Waals surface area (Å²) in [6.07, 6.45) is 1.51. The molecule has 1 aromatic heterocycles. The Morgan fingerprint density at radius 2 is 1.81 bits per heavy atom. The summed E-state index contributed by atoms with van der Waals surface area (Å²) in [5, 5.41) is 0. The largest absolute Gasteiger partial charge is 0.342 e. The lowest BCUT2D eigenvalue weighted by Gasteiger charge is -2.30. The summed E-state index contributed by atoms with van der Waals surface area (Å²) in [5.74, 6) is 1.20. The number of sulfonamides is 1. The molecule has 1 N–H and O–H groups in total. The first kappa shape index (κ1) is 18.2. The van der Waals surface area contributed by atoms with Gasteiger partial charge in [-0.15, -0.1) is 0 Å². The van der Waals surface area contributed by atoms with Gasteiger partial charge in [0.05, 0.1) is 15.9 Å². The second-order valence-electron chi connectivity index (χ2n) is 6.39. The number of hydrogen-bond acceptors (Lipinski definition) is 3. The second kappa shape index (κ2) is 7.07. The Kier molecular flexibility index (Phi) is 4.94. The number of hydrogen-bond donors (Lipinski definition) is 1. The summed E-state index contributed by atoms with van der Waals surface area (Å²) in [7, 11) is -3.50. The number of para-hydroxylation sites is 2. The fraction of sp³-hybridized carbons (Fsp3) is 0.278. The van der Waals surface area contributed by atoms with Gasteiger partial charge in [-0.25, -0.2) is 13.4 Å². The van der Waals surface area contributed by atoms with Gasteiger partial charge in [0.2, 0.25) is 10.0 Å². The molecule has 0 aliphatic carbocycles. The van der Waals surface area contributed by atoms with Crippen LogP contribution in [0, 0.1) is 0 Å². The standard InChI is InChI=1S/C18H17Br2N3O2S/c19-13-5-6-17(14(20)11-13)26(24,25)23-9-7-12(8-10-23)18-21-15-3-1-2-4-16(15)22-18/h1-6,11-12H,7-10H2,(H,21,22). The molecular formula is C18H17Br2N3O2S. The van der Waals surface area contributed by atoms with Crippen LogP contribution in [0.5, 0.6) is 0 Å². The molecule has 4 rings (SSSR count). The average molecular weight is 499 g/mol. The van der Waals surface area contributed by atoms with E-state index in [0.717, 1.165) is 34.2 Å². The highest BCUT2D eigenvalue weighted by atomic mass is 79.9. The number of imidazole rings is 1. The van der Waals surface area contributed by atoms with Crippen LogP contribution in [0.1, 0.15) is 24.6 Å². The summed E-state index contributed by atoms with van der Waals surface area (Å²) >= 11 is 6.73. The van der Waals surface area contributed by atoms with Gasteiger partial charge >= 0.3 is 0 Å². The van der Waals surface area contributed by atoms with Crippen molar-refractivity contribution in [1.82, 2.24) is 14.3 Å². The van der Waals surface area contributed by atoms with Crippen molar-refractivity contribution in [2.24, 2.45) is 0 Å². The van der Waals surface area contributed by atoms with E-state index in [1.807, 2.05) is 24.3 Å². The Hall–Kier alpha value is -1.22. The molecular weight excluding hydrogens is 482 g/mol. The van der Waals surface area contributed by atoms with Crippen molar-refractivity contribution in [2.75, 3.05) is 13.1 Å². The quantitative estimate of drug-likeness (QED) is 0.571. The topological polar surface area (TPSA) is 66.1 Å². The maximum absolute atomic E-state index is 13.0. The number of nitrogens with zero attached hydrogens (tertiary/aromatic N) is 2. The van der Waals surface area contributed by atoms with Gasteiger partial charge in [-0.1, -0.05) is 28.1 Å². The Morgan fingerprint density at radius 1 is 1.08 bits per heavy atom. The highest BCUT2D eigenvalue weighted by Gasteiger charge is 2.32. The monoisotopic (exact) mass is 497 g/mol. The van der Waals surface area contributed by atoms with Crippen molar-refractivity contribution in [3.63, 3.8) is 0 Å². The number of aromatic amines is 1. The minimum absolute atomic E-state index is 0.252. The predicted octanol–water partition coefficient (Wildman–Crippen LogP) is 4.66. The Labute approximate surface area is 169 Å². The zero-order valence-electron chi connectivity index (χ0n) is 13.8. The Balaban J connectivity index is 1.52. The number of fused-ring (bicyclic) bond motifs is 1. The molecule has 0 unspecified atom stereocenters. The molecule has 0 atom stereocenters. The number of nitrogens with one attached hydrogen (secondary N) is 1. The molecule has 0 saturated carbocycles. The number of benzene rings is 2. The van der Waals surface area contributed by atoms with Crippen LogP contribution in [0.25, 0.3) is 11.0 Å². The summed E-state index contributed by atoms with van der Waals surface area (Å²) in [6, 6.07) is 13.1. The van der Waals surface area contributed by atoms with Gasteiger partial charge in [-0.2, -0.15) is 4.31 Å². The lowest BCUT2D eigenvalue weighted by atomic mass is 9.97. The van der Waals surface area contributed by atoms with Gasteiger partial charge in [0.1, 0.15) is 5.82 Å². The molecule has 26 heavy (non-hydrogen) atoms. The first-order valence-corrected chi connectivity index (χ1v) is 11.4. The molecule has 0 amide bonds. The first-order valence-electron chi connectivity index (χ1n) is 8.35. The number of aromatic nitrogens is 2. The molecule has 5 nitrogen and oxygen atoms in total. The minimum Gasteiger partial charge on any atom is -0.342 e. The number of H-pyrrole nitrogens is 1. The van der Waals surface area contributed by atoms with Gasteiger partial charge in [0.15, 0.2) is 0 Å². The average Bonchev–Trinajstić information content (AvgIpc) is 3.05. The molecule has 1 saturated heterocycles. The summed E-state index contributed by atoms with van der Waals surface area (Å²) in [5.41, 5.74) is 1.98. The van der Waals surface area contributed by atoms with Crippen molar-refractivity contribution in [3.8, 4) is 0 Å². The van der Waals surface area contributed by atoms with Gasteiger partial charge in [0.25, 0.3) is 0 Å². The van der Waals surface area contributed by atoms with Crippen LogP contribution in [-0.2, 0) is 10.0 Å². The molecule has 2 heterocycles. The lowest BCUT2D eigenvalue weighted by Crippen LogP contribution is -2.38. The summed E-state index contributed by atoms with van der Waals surface area (Å²) < 4.78 is 28.9. The zero-order chi connectivity index (χ0) is 18.3. The van der Waals surface area contributed by atoms with Crippen LogP contribution < -0.4 is 0 Å². The molecule has 0 spiro atoms. The van der Waals surface area contributed by atoms with E-state index in [0.29, 0.717) is 22.5 Å². The van der Waals surface area contributed by atoms with Crippen LogP contribution in [0.4, 0.5) is 0 Å². The van der Waals surface area contributed by atoms with E-state index in [4.69, 9.17) is 0 Å². The van der Waals surface area contributed by atoms with E-state index in [1.54, 1.807) is 22.5 Å². The highest BCUT2D eigenvalue weighted by molar-refractivity contribution is 9.11. The van der Waals surface area contributed by atoms with Crippen molar-refractivity contribution < 1.29 is 8.42 Å². The Morgan fingerprint density at radius 3 is 2.50 bits per heavy atom. The maximum atomic E-state index is 13.0. The second-order valence-corrected chi connectivity index (χ2v) is 10.1. The fourth-order valence-corrected chi connectivity index (χ4v) is 6.53. The molecule has 136 valence electrons. The van der Waals surface area contributed by atoms with E-state index in [2.05, 4.69) is 41.8 Å². The van der Waals surface area contributed by atoms with Crippen LogP contribution in [0.2, 0.25) is 0 Å². The zero-order valence-corrected chi connectivity index (χ0v) is 17.8. The first-order chi connectivity index (χ1) is 12.4. The van der Waals surface area contributed by atoms with Crippen molar-refractivity contribution in [3.05, 3.63) is 57.2 Å². The Bertz CT molecular complexity index is 1020. The maximum Gasteiger partial charge on any atom is 0.244 e. The van der Waals surface area contributed by atoms with E-state index >= 15 is 0 Å². The molecule has 2 aromatic carbocycles. The van der Waals surface area contributed by atoms with E-state index in [9.17, 15) is 8.42 Å². The number of piperidine rings is 1. The van der Waals surface area contributed by atoms with Crippen LogP contribution in [-0.4, -0.2) is 35.8 Å². The number of halogens is 2. The normalized spacial score (nSPS) is 17.0. The third kappa shape index (κ3) is 3.35. The summed E-state index contributed by atoms with van der Waals surface area (Å²) in [6.45, 7) is 0.985. The predicted molar refractivity (Wildman–Crippen MR) is 109 cm³/mol. The SMILES string of the molecule is O=S(=O)(c1ccc(Br)cc1Br)N1CCC(c2nc3ccccc3[nH]2)CC1. The van der Waals surface area contributed by atoms with Gasteiger partial charge in [0, 0.05) is 28.0 Å². The van der Waals surface area contributed by atoms with Crippen LogP contribution >= 0.6 is 31.9 Å². The van der Waals surface area contributed by atoms with Crippen molar-refractivity contribution >= 4 is 52.9 Å². The van der Waals surface area contributed by atoms with Gasteiger partial charge in [-0.3, -0.25) is 0 Å². The van der Waals surface area contributed by atoms with Gasteiger partial charge in [-0.05, 0) is 59.1 Å². The number of rotatable bonds is 3. The van der Waals surface area contributed by atoms with Crippen LogP contribution in [0.3, 0.4) is 0 Å². The third-order valence-corrected chi connectivity index (χ3v) is 8.13. The summed E-state index contributed by atoms with van der Waals surface area (Å²) in [4.78, 5) is 8.35. The molecule has 0 radical (unpaired) electrons. The van der Waals surface area contributed by atoms with E-state index in [-0.39, 0.29) is 5.92 Å². The molecule has 3 aromatic rings. The molecule has 8 heteroatoms. The lowest BCUT2D eigenvalue weighted by molar-refractivity contribution is 0.314. The molecule has 1 aliphatic rings. The van der Waals surface area contributed by atoms with Crippen LogP contribution in [0.15, 0.2) is 56.3 Å². The fourth-order valence-electron chi connectivity index (χ4n) is 3.36. The van der Waals surface area contributed by atoms with Crippen molar-refractivity contribution in [1.29, 1.82) is 0 Å². The minimum atomic E-state index is -3.50.